The van der Waals surface area contributed by atoms with Crippen molar-refractivity contribution >= 4 is 0 Å². The molecule has 3 nitrogen and oxygen atoms in total. The summed E-state index contributed by atoms with van der Waals surface area (Å²) in [5.41, 5.74) is 4.20. The first-order valence-electron chi connectivity index (χ1n) is 6.22. The number of benzene rings is 1. The summed E-state index contributed by atoms with van der Waals surface area (Å²) in [6, 6.07) is 10.1. The van der Waals surface area contributed by atoms with E-state index in [1.165, 1.54) is 5.56 Å². The van der Waals surface area contributed by atoms with Crippen LogP contribution in [0.15, 0.2) is 30.3 Å². The van der Waals surface area contributed by atoms with E-state index >= 15 is 0 Å². The van der Waals surface area contributed by atoms with E-state index in [1.54, 1.807) is 0 Å². The summed E-state index contributed by atoms with van der Waals surface area (Å²) in [5, 5.41) is 0. The van der Waals surface area contributed by atoms with Crippen molar-refractivity contribution in [3.05, 3.63) is 35.9 Å². The minimum Gasteiger partial charge on any atom is -0.371 e. The summed E-state index contributed by atoms with van der Waals surface area (Å²) in [5.74, 6) is 0. The van der Waals surface area contributed by atoms with Crippen LogP contribution in [0.5, 0.6) is 0 Å². The van der Waals surface area contributed by atoms with E-state index < -0.39 is 0 Å². The zero-order valence-electron chi connectivity index (χ0n) is 10.6. The molecule has 1 unspecified atom stereocenters. The summed E-state index contributed by atoms with van der Waals surface area (Å²) < 4.78 is 5.86. The molecule has 1 aliphatic heterocycles. The third-order valence-electron chi connectivity index (χ3n) is 3.05. The minimum absolute atomic E-state index is 0.0335. The van der Waals surface area contributed by atoms with Crippen LogP contribution in [0.3, 0.4) is 0 Å². The fourth-order valence-electron chi connectivity index (χ4n) is 2.08. The van der Waals surface area contributed by atoms with Crippen LogP contribution in [0.1, 0.15) is 32.3 Å². The van der Waals surface area contributed by atoms with Gasteiger partial charge in [0.2, 0.25) is 0 Å². The summed E-state index contributed by atoms with van der Waals surface area (Å²) in [4.78, 5) is 5.42. The van der Waals surface area contributed by atoms with Gasteiger partial charge >= 0.3 is 0 Å². The van der Waals surface area contributed by atoms with Crippen LogP contribution in [-0.4, -0.2) is 18.2 Å². The van der Waals surface area contributed by atoms with E-state index in [4.69, 9.17) is 9.57 Å². The van der Waals surface area contributed by atoms with Crippen molar-refractivity contribution in [2.24, 2.45) is 0 Å². The first kappa shape index (κ1) is 12.6. The highest BCUT2D eigenvalue weighted by atomic mass is 16.6. The third kappa shape index (κ3) is 4.11. The second-order valence-corrected chi connectivity index (χ2v) is 5.16. The Morgan fingerprint density at radius 1 is 1.35 bits per heavy atom. The molecule has 0 aromatic heterocycles. The van der Waals surface area contributed by atoms with Crippen LogP contribution < -0.4 is 5.48 Å². The van der Waals surface area contributed by atoms with Crippen molar-refractivity contribution in [2.75, 3.05) is 6.54 Å². The second-order valence-electron chi connectivity index (χ2n) is 5.16. The highest BCUT2D eigenvalue weighted by molar-refractivity contribution is 5.13. The SMILES string of the molecule is CC1(C)CCC(CNOCc2ccccc2)O1. The molecule has 0 saturated carbocycles. The third-order valence-corrected chi connectivity index (χ3v) is 3.05. The molecule has 94 valence electrons. The maximum absolute atomic E-state index is 5.86. The van der Waals surface area contributed by atoms with Crippen molar-refractivity contribution in [2.45, 2.75) is 45.0 Å². The largest absolute Gasteiger partial charge is 0.371 e. The topological polar surface area (TPSA) is 30.5 Å². The van der Waals surface area contributed by atoms with E-state index in [2.05, 4.69) is 31.5 Å². The molecule has 1 heterocycles. The van der Waals surface area contributed by atoms with Crippen molar-refractivity contribution in [1.82, 2.24) is 5.48 Å². The molecule has 1 aromatic carbocycles. The normalized spacial score (nSPS) is 22.8. The van der Waals surface area contributed by atoms with E-state index in [0.29, 0.717) is 6.61 Å². The second kappa shape index (κ2) is 5.63. The molecular formula is C14H21NO2. The monoisotopic (exact) mass is 235 g/mol. The lowest BCUT2D eigenvalue weighted by Crippen LogP contribution is -2.29. The number of ether oxygens (including phenoxy) is 1. The first-order chi connectivity index (χ1) is 8.16. The molecule has 1 aliphatic rings. The molecule has 0 amide bonds. The van der Waals surface area contributed by atoms with E-state index in [1.807, 2.05) is 18.2 Å². The average Bonchev–Trinajstić information content (AvgIpc) is 2.66. The van der Waals surface area contributed by atoms with Gasteiger partial charge < -0.3 is 4.74 Å². The van der Waals surface area contributed by atoms with E-state index in [-0.39, 0.29) is 11.7 Å². The molecule has 1 fully saturated rings. The maximum atomic E-state index is 5.86. The number of rotatable bonds is 5. The summed E-state index contributed by atoms with van der Waals surface area (Å²) in [6.07, 6.45) is 2.51. The summed E-state index contributed by atoms with van der Waals surface area (Å²) >= 11 is 0. The van der Waals surface area contributed by atoms with Gasteiger partial charge in [-0.2, -0.15) is 5.48 Å². The average molecular weight is 235 g/mol. The summed E-state index contributed by atoms with van der Waals surface area (Å²) in [7, 11) is 0. The minimum atomic E-state index is 0.0335. The molecule has 2 rings (SSSR count). The fraction of sp³-hybridized carbons (Fsp3) is 0.571. The Balaban J connectivity index is 1.61. The lowest BCUT2D eigenvalue weighted by Gasteiger charge is -2.19. The van der Waals surface area contributed by atoms with Crippen LogP contribution in [-0.2, 0) is 16.2 Å². The molecule has 0 aliphatic carbocycles. The molecule has 0 bridgehead atoms. The molecule has 3 heteroatoms. The number of hydrogen-bond donors (Lipinski definition) is 1. The van der Waals surface area contributed by atoms with Gasteiger partial charge in [0.25, 0.3) is 0 Å². The van der Waals surface area contributed by atoms with Crippen molar-refractivity contribution in [1.29, 1.82) is 0 Å². The van der Waals surface area contributed by atoms with Crippen molar-refractivity contribution < 1.29 is 9.57 Å². The highest BCUT2D eigenvalue weighted by Gasteiger charge is 2.31. The fourth-order valence-corrected chi connectivity index (χ4v) is 2.08. The Morgan fingerprint density at radius 2 is 2.12 bits per heavy atom. The highest BCUT2D eigenvalue weighted by Crippen LogP contribution is 2.28. The molecule has 0 radical (unpaired) electrons. The van der Waals surface area contributed by atoms with Gasteiger partial charge in [0.1, 0.15) is 0 Å². The van der Waals surface area contributed by atoms with Gasteiger partial charge in [-0.3, -0.25) is 4.84 Å². The molecule has 17 heavy (non-hydrogen) atoms. The van der Waals surface area contributed by atoms with Crippen LogP contribution in [0.2, 0.25) is 0 Å². The number of hydroxylamine groups is 1. The van der Waals surface area contributed by atoms with Gasteiger partial charge in [-0.1, -0.05) is 30.3 Å². The smallest absolute Gasteiger partial charge is 0.0933 e. The van der Waals surface area contributed by atoms with Gasteiger partial charge in [-0.05, 0) is 32.3 Å². The van der Waals surface area contributed by atoms with Crippen molar-refractivity contribution in [3.63, 3.8) is 0 Å². The Morgan fingerprint density at radius 3 is 2.76 bits per heavy atom. The zero-order chi connectivity index (χ0) is 12.1. The van der Waals surface area contributed by atoms with Crippen LogP contribution in [0, 0.1) is 0 Å². The predicted molar refractivity (Wildman–Crippen MR) is 67.4 cm³/mol. The van der Waals surface area contributed by atoms with Crippen LogP contribution >= 0.6 is 0 Å². The molecule has 0 spiro atoms. The van der Waals surface area contributed by atoms with Gasteiger partial charge in [0.15, 0.2) is 0 Å². The molecular weight excluding hydrogens is 214 g/mol. The van der Waals surface area contributed by atoms with E-state index in [0.717, 1.165) is 19.4 Å². The van der Waals surface area contributed by atoms with Gasteiger partial charge in [-0.15, -0.1) is 0 Å². The molecule has 1 N–H and O–H groups in total. The molecule has 1 atom stereocenters. The standard InChI is InChI=1S/C14H21NO2/c1-14(2)9-8-13(17-14)10-15-16-11-12-6-4-3-5-7-12/h3-7,13,15H,8-11H2,1-2H3. The van der Waals surface area contributed by atoms with Crippen LogP contribution in [0.4, 0.5) is 0 Å². The number of nitrogens with one attached hydrogen (secondary N) is 1. The van der Waals surface area contributed by atoms with Crippen molar-refractivity contribution in [3.8, 4) is 0 Å². The quantitative estimate of drug-likeness (QED) is 0.628. The van der Waals surface area contributed by atoms with Crippen LogP contribution in [0.25, 0.3) is 0 Å². The lowest BCUT2D eigenvalue weighted by atomic mass is 10.1. The Bertz CT molecular complexity index is 337. The Hall–Kier alpha value is -0.900. The predicted octanol–water partition coefficient (Wildman–Crippen LogP) is 2.67. The number of hydrogen-bond acceptors (Lipinski definition) is 3. The first-order valence-corrected chi connectivity index (χ1v) is 6.22. The summed E-state index contributed by atoms with van der Waals surface area (Å²) in [6.45, 7) is 5.63. The zero-order valence-corrected chi connectivity index (χ0v) is 10.6. The maximum Gasteiger partial charge on any atom is 0.0933 e. The van der Waals surface area contributed by atoms with Gasteiger partial charge in [0.05, 0.1) is 18.3 Å². The van der Waals surface area contributed by atoms with Gasteiger partial charge in [-0.25, -0.2) is 0 Å². The van der Waals surface area contributed by atoms with Gasteiger partial charge in [0, 0.05) is 6.54 Å². The lowest BCUT2D eigenvalue weighted by molar-refractivity contribution is -0.0470. The van der Waals surface area contributed by atoms with E-state index in [9.17, 15) is 0 Å². The molecule has 1 aromatic rings. The Kier molecular flexibility index (Phi) is 4.15. The molecule has 1 saturated heterocycles. The Labute approximate surface area is 103 Å².